The van der Waals surface area contributed by atoms with E-state index < -0.39 is 0 Å². The van der Waals surface area contributed by atoms with E-state index >= 15 is 0 Å². The van der Waals surface area contributed by atoms with Crippen molar-refractivity contribution < 1.29 is 9.18 Å². The molecule has 0 aromatic heterocycles. The van der Waals surface area contributed by atoms with E-state index in [-0.39, 0.29) is 17.8 Å². The predicted molar refractivity (Wildman–Crippen MR) is 73.7 cm³/mol. The van der Waals surface area contributed by atoms with Gasteiger partial charge in [-0.25, -0.2) is 4.39 Å². The third kappa shape index (κ3) is 3.53. The number of carbonyl (C=O) groups excluding carboxylic acids is 1. The largest absolute Gasteiger partial charge is 0.348 e. The van der Waals surface area contributed by atoms with Gasteiger partial charge in [-0.15, -0.1) is 0 Å². The van der Waals surface area contributed by atoms with Gasteiger partial charge in [-0.05, 0) is 57.0 Å². The van der Waals surface area contributed by atoms with Gasteiger partial charge in [0.15, 0.2) is 0 Å². The number of carbonyl (C=O) groups is 1. The molecule has 2 rings (SSSR count). The highest BCUT2D eigenvalue weighted by Crippen LogP contribution is 2.13. The first-order valence-corrected chi connectivity index (χ1v) is 6.88. The van der Waals surface area contributed by atoms with Gasteiger partial charge in [0.25, 0.3) is 5.91 Å². The maximum atomic E-state index is 13.0. The maximum absolute atomic E-state index is 13.0. The first-order valence-electron chi connectivity index (χ1n) is 6.88. The van der Waals surface area contributed by atoms with Crippen LogP contribution in [0.25, 0.3) is 0 Å². The lowest BCUT2D eigenvalue weighted by molar-refractivity contribution is 0.0927. The van der Waals surface area contributed by atoms with Crippen molar-refractivity contribution in [1.29, 1.82) is 0 Å². The monoisotopic (exact) mass is 264 g/mol. The van der Waals surface area contributed by atoms with Crippen LogP contribution in [0.15, 0.2) is 18.2 Å². The lowest BCUT2D eigenvalue weighted by atomic mass is 9.98. The normalized spacial score (nSPS) is 20.9. The number of aryl methyl sites for hydroxylation is 1. The number of benzene rings is 1. The first kappa shape index (κ1) is 14.0. The standard InChI is InChI=1S/C15H21FN2O/c1-10-9-12(16)6-7-13(10)15(19)18-11(2)14-5-3-4-8-17-14/h6-7,9,11,14,17H,3-5,8H2,1-2H3,(H,18,19). The molecule has 1 saturated heterocycles. The zero-order chi connectivity index (χ0) is 13.8. The maximum Gasteiger partial charge on any atom is 0.251 e. The van der Waals surface area contributed by atoms with Crippen LogP contribution in [-0.4, -0.2) is 24.5 Å². The molecule has 1 heterocycles. The summed E-state index contributed by atoms with van der Waals surface area (Å²) in [5.74, 6) is -0.437. The van der Waals surface area contributed by atoms with Crippen molar-refractivity contribution in [2.45, 2.75) is 45.2 Å². The van der Waals surface area contributed by atoms with Crippen molar-refractivity contribution >= 4 is 5.91 Å². The minimum Gasteiger partial charge on any atom is -0.348 e. The third-order valence-corrected chi connectivity index (χ3v) is 3.74. The second kappa shape index (κ2) is 6.15. The number of rotatable bonds is 3. The topological polar surface area (TPSA) is 41.1 Å². The Bertz CT molecular complexity index is 455. The Morgan fingerprint density at radius 2 is 2.26 bits per heavy atom. The predicted octanol–water partition coefficient (Wildman–Crippen LogP) is 2.39. The molecule has 1 amide bonds. The van der Waals surface area contributed by atoms with Crippen molar-refractivity contribution in [2.75, 3.05) is 6.54 Å². The van der Waals surface area contributed by atoms with Crippen LogP contribution in [-0.2, 0) is 0 Å². The molecule has 1 aromatic rings. The van der Waals surface area contributed by atoms with Gasteiger partial charge in [-0.2, -0.15) is 0 Å². The Hall–Kier alpha value is -1.42. The molecular weight excluding hydrogens is 243 g/mol. The highest BCUT2D eigenvalue weighted by Gasteiger charge is 2.21. The summed E-state index contributed by atoms with van der Waals surface area (Å²) in [6, 6.07) is 4.67. The fourth-order valence-electron chi connectivity index (χ4n) is 2.57. The van der Waals surface area contributed by atoms with Gasteiger partial charge in [-0.1, -0.05) is 6.42 Å². The Kier molecular flexibility index (Phi) is 4.53. The van der Waals surface area contributed by atoms with E-state index in [0.29, 0.717) is 17.2 Å². The summed E-state index contributed by atoms with van der Waals surface area (Å²) in [5, 5.41) is 6.43. The molecule has 1 aromatic carbocycles. The van der Waals surface area contributed by atoms with Crippen molar-refractivity contribution in [3.8, 4) is 0 Å². The van der Waals surface area contributed by atoms with Crippen LogP contribution >= 0.6 is 0 Å². The Labute approximate surface area is 113 Å². The summed E-state index contributed by atoms with van der Waals surface area (Å²) >= 11 is 0. The van der Waals surface area contributed by atoms with Gasteiger partial charge in [0.05, 0.1) is 0 Å². The summed E-state index contributed by atoms with van der Waals surface area (Å²) in [6.45, 7) is 4.78. The second-order valence-corrected chi connectivity index (χ2v) is 5.28. The first-order chi connectivity index (χ1) is 9.08. The van der Waals surface area contributed by atoms with E-state index in [9.17, 15) is 9.18 Å². The minimum atomic E-state index is -0.309. The van der Waals surface area contributed by atoms with Crippen molar-refractivity contribution in [3.63, 3.8) is 0 Å². The number of nitrogens with one attached hydrogen (secondary N) is 2. The van der Waals surface area contributed by atoms with Gasteiger partial charge in [0, 0.05) is 17.6 Å². The smallest absolute Gasteiger partial charge is 0.251 e. The Morgan fingerprint density at radius 1 is 1.47 bits per heavy atom. The van der Waals surface area contributed by atoms with Crippen LogP contribution in [0.2, 0.25) is 0 Å². The summed E-state index contributed by atoms with van der Waals surface area (Å²) in [4.78, 5) is 12.2. The van der Waals surface area contributed by atoms with Crippen molar-refractivity contribution in [1.82, 2.24) is 10.6 Å². The summed E-state index contributed by atoms with van der Waals surface area (Å²) in [6.07, 6.45) is 3.49. The number of hydrogen-bond acceptors (Lipinski definition) is 2. The van der Waals surface area contributed by atoms with Crippen LogP contribution in [0.5, 0.6) is 0 Å². The van der Waals surface area contributed by atoms with Gasteiger partial charge < -0.3 is 10.6 Å². The van der Waals surface area contributed by atoms with Gasteiger partial charge in [0.2, 0.25) is 0 Å². The third-order valence-electron chi connectivity index (χ3n) is 3.74. The van der Waals surface area contributed by atoms with Crippen LogP contribution < -0.4 is 10.6 Å². The molecule has 1 aliphatic heterocycles. The molecule has 2 N–H and O–H groups in total. The number of piperidine rings is 1. The van der Waals surface area contributed by atoms with Gasteiger partial charge in [0.1, 0.15) is 5.82 Å². The van der Waals surface area contributed by atoms with Crippen molar-refractivity contribution in [3.05, 3.63) is 35.1 Å². The molecule has 104 valence electrons. The molecule has 0 bridgehead atoms. The van der Waals surface area contributed by atoms with Crippen molar-refractivity contribution in [2.24, 2.45) is 0 Å². The molecule has 2 atom stereocenters. The fraction of sp³-hybridized carbons (Fsp3) is 0.533. The van der Waals surface area contributed by atoms with Crippen LogP contribution in [0, 0.1) is 12.7 Å². The fourth-order valence-corrected chi connectivity index (χ4v) is 2.57. The molecular formula is C15H21FN2O. The summed E-state index contributed by atoms with van der Waals surface area (Å²) < 4.78 is 13.0. The summed E-state index contributed by atoms with van der Waals surface area (Å²) in [5.41, 5.74) is 1.21. The highest BCUT2D eigenvalue weighted by molar-refractivity contribution is 5.95. The molecule has 0 spiro atoms. The van der Waals surface area contributed by atoms with E-state index in [1.54, 1.807) is 13.0 Å². The molecule has 0 radical (unpaired) electrons. The lowest BCUT2D eigenvalue weighted by Crippen LogP contribution is -2.50. The molecule has 0 aliphatic carbocycles. The van der Waals surface area contributed by atoms with E-state index in [0.717, 1.165) is 13.0 Å². The van der Waals surface area contributed by atoms with E-state index in [1.807, 2.05) is 6.92 Å². The summed E-state index contributed by atoms with van der Waals surface area (Å²) in [7, 11) is 0. The molecule has 19 heavy (non-hydrogen) atoms. The minimum absolute atomic E-state index is 0.0808. The average molecular weight is 264 g/mol. The molecule has 4 heteroatoms. The number of amides is 1. The average Bonchev–Trinajstić information content (AvgIpc) is 2.39. The van der Waals surface area contributed by atoms with Crippen LogP contribution in [0.3, 0.4) is 0 Å². The number of halogens is 1. The second-order valence-electron chi connectivity index (χ2n) is 5.28. The van der Waals surface area contributed by atoms with Gasteiger partial charge >= 0.3 is 0 Å². The molecule has 0 saturated carbocycles. The van der Waals surface area contributed by atoms with E-state index in [2.05, 4.69) is 10.6 Å². The zero-order valence-electron chi connectivity index (χ0n) is 11.5. The number of hydrogen-bond donors (Lipinski definition) is 2. The zero-order valence-corrected chi connectivity index (χ0v) is 11.5. The van der Waals surface area contributed by atoms with Crippen LogP contribution in [0.4, 0.5) is 4.39 Å². The highest BCUT2D eigenvalue weighted by atomic mass is 19.1. The molecule has 2 unspecified atom stereocenters. The van der Waals surface area contributed by atoms with E-state index in [4.69, 9.17) is 0 Å². The molecule has 1 fully saturated rings. The molecule has 3 nitrogen and oxygen atoms in total. The van der Waals surface area contributed by atoms with E-state index in [1.165, 1.54) is 25.0 Å². The van der Waals surface area contributed by atoms with Gasteiger partial charge in [-0.3, -0.25) is 4.79 Å². The SMILES string of the molecule is Cc1cc(F)ccc1C(=O)NC(C)C1CCCCN1. The van der Waals surface area contributed by atoms with Crippen LogP contribution in [0.1, 0.15) is 42.1 Å². The Morgan fingerprint density at radius 3 is 2.89 bits per heavy atom. The lowest BCUT2D eigenvalue weighted by Gasteiger charge is -2.29. The Balaban J connectivity index is 1.99. The quantitative estimate of drug-likeness (QED) is 0.880. The molecule has 1 aliphatic rings.